The van der Waals surface area contributed by atoms with Crippen LogP contribution in [0.3, 0.4) is 0 Å². The Morgan fingerprint density at radius 2 is 2.21 bits per heavy atom. The highest BCUT2D eigenvalue weighted by Crippen LogP contribution is 2.26. The van der Waals surface area contributed by atoms with Gasteiger partial charge in [0.2, 0.25) is 5.91 Å². The number of nitrogens with two attached hydrogens (primary N) is 1. The summed E-state index contributed by atoms with van der Waals surface area (Å²) in [5, 5.41) is 4.75. The lowest BCUT2D eigenvalue weighted by molar-refractivity contribution is -0.132. The Labute approximate surface area is 153 Å². The molecule has 5 nitrogen and oxygen atoms in total. The van der Waals surface area contributed by atoms with Gasteiger partial charge < -0.3 is 16.0 Å². The Morgan fingerprint density at radius 1 is 1.38 bits per heavy atom. The van der Waals surface area contributed by atoms with Crippen molar-refractivity contribution in [3.8, 4) is 0 Å². The number of amides is 3. The van der Waals surface area contributed by atoms with Crippen molar-refractivity contribution in [2.75, 3.05) is 6.54 Å². The molecule has 3 amide bonds. The SMILES string of the molecule is NC(=O)N[C@@H](CC(=O)N1CCc2sccc2C1)c1cccc(Br)c1. The second-order valence-corrected chi connectivity index (χ2v) is 7.67. The van der Waals surface area contributed by atoms with E-state index in [9.17, 15) is 9.59 Å². The number of fused-ring (bicyclic) bond motifs is 1. The second-order valence-electron chi connectivity index (χ2n) is 5.75. The van der Waals surface area contributed by atoms with E-state index in [1.54, 1.807) is 11.3 Å². The summed E-state index contributed by atoms with van der Waals surface area (Å²) < 4.78 is 0.893. The predicted octanol–water partition coefficient (Wildman–Crippen LogP) is 3.20. The lowest BCUT2D eigenvalue weighted by Gasteiger charge is -2.29. The van der Waals surface area contributed by atoms with E-state index in [4.69, 9.17) is 5.73 Å². The minimum absolute atomic E-state index is 0.0191. The van der Waals surface area contributed by atoms with Gasteiger partial charge >= 0.3 is 6.03 Å². The van der Waals surface area contributed by atoms with E-state index in [0.717, 1.165) is 16.5 Å². The van der Waals surface area contributed by atoms with E-state index in [1.165, 1.54) is 10.4 Å². The van der Waals surface area contributed by atoms with Gasteiger partial charge in [0.1, 0.15) is 0 Å². The molecule has 0 spiro atoms. The third kappa shape index (κ3) is 3.96. The number of benzene rings is 1. The molecule has 1 aromatic heterocycles. The smallest absolute Gasteiger partial charge is 0.312 e. The van der Waals surface area contributed by atoms with E-state index in [1.807, 2.05) is 29.2 Å². The summed E-state index contributed by atoms with van der Waals surface area (Å²) in [5.41, 5.74) is 7.36. The van der Waals surface area contributed by atoms with E-state index in [2.05, 4.69) is 32.7 Å². The highest BCUT2D eigenvalue weighted by molar-refractivity contribution is 9.10. The standard InChI is InChI=1S/C17H18BrN3O2S/c18-13-3-1-2-11(8-13)14(20-17(19)23)9-16(22)21-6-4-15-12(10-21)5-7-24-15/h1-3,5,7-8,14H,4,6,9-10H2,(H3,19,20,23)/t14-/m0/s1. The zero-order valence-electron chi connectivity index (χ0n) is 13.0. The van der Waals surface area contributed by atoms with Gasteiger partial charge in [0.25, 0.3) is 0 Å². The predicted molar refractivity (Wildman–Crippen MR) is 97.7 cm³/mol. The number of carbonyl (C=O) groups is 2. The van der Waals surface area contributed by atoms with Crippen molar-refractivity contribution >= 4 is 39.2 Å². The molecule has 3 N–H and O–H groups in total. The number of nitrogens with zero attached hydrogens (tertiary/aromatic N) is 1. The maximum atomic E-state index is 12.7. The van der Waals surface area contributed by atoms with Crippen LogP contribution in [0.15, 0.2) is 40.2 Å². The molecule has 0 saturated carbocycles. The molecular weight excluding hydrogens is 390 g/mol. The lowest BCUT2D eigenvalue weighted by atomic mass is 10.0. The molecule has 0 aliphatic carbocycles. The second kappa shape index (κ2) is 7.36. The largest absolute Gasteiger partial charge is 0.352 e. The molecule has 0 saturated heterocycles. The van der Waals surface area contributed by atoms with Crippen LogP contribution in [0.4, 0.5) is 4.79 Å². The van der Waals surface area contributed by atoms with Gasteiger partial charge in [0, 0.05) is 22.4 Å². The molecule has 0 radical (unpaired) electrons. The van der Waals surface area contributed by atoms with Crippen LogP contribution in [-0.2, 0) is 17.8 Å². The number of urea groups is 1. The summed E-state index contributed by atoms with van der Waals surface area (Å²) in [6, 6.07) is 8.55. The fourth-order valence-corrected chi connectivity index (χ4v) is 4.22. The Kier molecular flexibility index (Phi) is 5.20. The maximum Gasteiger partial charge on any atom is 0.312 e. The molecule has 1 aliphatic rings. The van der Waals surface area contributed by atoms with Crippen molar-refractivity contribution < 1.29 is 9.59 Å². The van der Waals surface area contributed by atoms with Gasteiger partial charge in [-0.3, -0.25) is 4.79 Å². The molecule has 1 aromatic carbocycles. The van der Waals surface area contributed by atoms with Crippen LogP contribution >= 0.6 is 27.3 Å². The first-order valence-electron chi connectivity index (χ1n) is 7.67. The first-order valence-corrected chi connectivity index (χ1v) is 9.34. The zero-order chi connectivity index (χ0) is 17.1. The van der Waals surface area contributed by atoms with Crippen molar-refractivity contribution in [3.63, 3.8) is 0 Å². The summed E-state index contributed by atoms with van der Waals surface area (Å²) in [6.45, 7) is 1.35. The Morgan fingerprint density at radius 3 is 2.96 bits per heavy atom. The molecular formula is C17H18BrN3O2S. The van der Waals surface area contributed by atoms with Crippen LogP contribution in [0.5, 0.6) is 0 Å². The van der Waals surface area contributed by atoms with Gasteiger partial charge in [-0.25, -0.2) is 4.79 Å². The monoisotopic (exact) mass is 407 g/mol. The fourth-order valence-electron chi connectivity index (χ4n) is 2.91. The number of hydrogen-bond donors (Lipinski definition) is 2. The first-order chi connectivity index (χ1) is 11.5. The topological polar surface area (TPSA) is 75.4 Å². The average Bonchev–Trinajstić information content (AvgIpc) is 3.01. The van der Waals surface area contributed by atoms with E-state index in [0.29, 0.717) is 13.1 Å². The molecule has 0 bridgehead atoms. The molecule has 1 atom stereocenters. The number of halogens is 1. The van der Waals surface area contributed by atoms with Crippen LogP contribution in [0.25, 0.3) is 0 Å². The van der Waals surface area contributed by atoms with Gasteiger partial charge in [-0.1, -0.05) is 28.1 Å². The van der Waals surface area contributed by atoms with E-state index >= 15 is 0 Å². The Balaban J connectivity index is 1.73. The summed E-state index contributed by atoms with van der Waals surface area (Å²) in [7, 11) is 0. The maximum absolute atomic E-state index is 12.7. The summed E-state index contributed by atoms with van der Waals surface area (Å²) >= 11 is 5.16. The molecule has 2 aromatic rings. The molecule has 0 fully saturated rings. The highest BCUT2D eigenvalue weighted by Gasteiger charge is 2.25. The van der Waals surface area contributed by atoms with Gasteiger partial charge in [-0.15, -0.1) is 11.3 Å². The Bertz CT molecular complexity index is 762. The molecule has 126 valence electrons. The normalized spacial score (nSPS) is 14.8. The van der Waals surface area contributed by atoms with Crippen molar-refractivity contribution in [2.45, 2.75) is 25.4 Å². The van der Waals surface area contributed by atoms with Crippen molar-refractivity contribution in [2.24, 2.45) is 5.73 Å². The molecule has 24 heavy (non-hydrogen) atoms. The zero-order valence-corrected chi connectivity index (χ0v) is 15.4. The van der Waals surface area contributed by atoms with Gasteiger partial charge in [0.15, 0.2) is 0 Å². The lowest BCUT2D eigenvalue weighted by Crippen LogP contribution is -2.40. The molecule has 2 heterocycles. The number of primary amides is 1. The van der Waals surface area contributed by atoms with Gasteiger partial charge in [0.05, 0.1) is 12.5 Å². The third-order valence-electron chi connectivity index (χ3n) is 4.11. The average molecular weight is 408 g/mol. The molecule has 7 heteroatoms. The van der Waals surface area contributed by atoms with Crippen LogP contribution in [0.1, 0.15) is 28.5 Å². The van der Waals surface area contributed by atoms with Crippen LogP contribution in [0, 0.1) is 0 Å². The highest BCUT2D eigenvalue weighted by atomic mass is 79.9. The number of hydrogen-bond acceptors (Lipinski definition) is 3. The Hall–Kier alpha value is -1.86. The molecule has 0 unspecified atom stereocenters. The minimum Gasteiger partial charge on any atom is -0.352 e. The number of nitrogens with one attached hydrogen (secondary N) is 1. The minimum atomic E-state index is -0.633. The van der Waals surface area contributed by atoms with Crippen LogP contribution < -0.4 is 11.1 Å². The van der Waals surface area contributed by atoms with Gasteiger partial charge in [-0.2, -0.15) is 0 Å². The quantitative estimate of drug-likeness (QED) is 0.816. The van der Waals surface area contributed by atoms with Crippen molar-refractivity contribution in [3.05, 3.63) is 56.2 Å². The summed E-state index contributed by atoms with van der Waals surface area (Å²) in [4.78, 5) is 27.2. The number of rotatable bonds is 4. The number of carbonyl (C=O) groups excluding carboxylic acids is 2. The van der Waals surface area contributed by atoms with E-state index in [-0.39, 0.29) is 12.3 Å². The summed E-state index contributed by atoms with van der Waals surface area (Å²) in [5.74, 6) is 0.0191. The fraction of sp³-hybridized carbons (Fsp3) is 0.294. The third-order valence-corrected chi connectivity index (χ3v) is 5.62. The number of thiophene rings is 1. The summed E-state index contributed by atoms with van der Waals surface area (Å²) in [6.07, 6.45) is 1.09. The van der Waals surface area contributed by atoms with E-state index < -0.39 is 12.1 Å². The first kappa shape index (κ1) is 17.0. The van der Waals surface area contributed by atoms with Crippen molar-refractivity contribution in [1.82, 2.24) is 10.2 Å². The van der Waals surface area contributed by atoms with Crippen LogP contribution in [0.2, 0.25) is 0 Å². The van der Waals surface area contributed by atoms with Crippen molar-refractivity contribution in [1.29, 1.82) is 0 Å². The molecule has 3 rings (SSSR count). The molecule has 1 aliphatic heterocycles. The van der Waals surface area contributed by atoms with Crippen LogP contribution in [-0.4, -0.2) is 23.4 Å². The van der Waals surface area contributed by atoms with Gasteiger partial charge in [-0.05, 0) is 41.1 Å².